The lowest BCUT2D eigenvalue weighted by atomic mass is 10.2. The van der Waals surface area contributed by atoms with Crippen LogP contribution in [0.4, 0.5) is 0 Å². The zero-order valence-corrected chi connectivity index (χ0v) is 19.6. The first-order valence-electron chi connectivity index (χ1n) is 12.0. The molecule has 0 radical (unpaired) electrons. The predicted molar refractivity (Wildman–Crippen MR) is 119 cm³/mol. The van der Waals surface area contributed by atoms with E-state index < -0.39 is 6.10 Å². The molecule has 0 fully saturated rings. The molecule has 182 valence electrons. The van der Waals surface area contributed by atoms with Gasteiger partial charge in [-0.2, -0.15) is 0 Å². The van der Waals surface area contributed by atoms with E-state index in [2.05, 4.69) is 13.8 Å². The van der Waals surface area contributed by atoms with E-state index in [9.17, 15) is 5.11 Å². The number of rotatable bonds is 26. The van der Waals surface area contributed by atoms with Crippen molar-refractivity contribution in [3.05, 3.63) is 0 Å². The summed E-state index contributed by atoms with van der Waals surface area (Å²) in [6.45, 7) is 10.8. The first kappa shape index (κ1) is 29.7. The number of ether oxygens (including phenoxy) is 6. The monoisotopic (exact) mass is 436 g/mol. The van der Waals surface area contributed by atoms with Gasteiger partial charge < -0.3 is 33.5 Å². The third-order valence-electron chi connectivity index (χ3n) is 4.39. The van der Waals surface area contributed by atoms with Crippen molar-refractivity contribution in [2.45, 2.75) is 71.3 Å². The fourth-order valence-corrected chi connectivity index (χ4v) is 2.63. The first-order valence-corrected chi connectivity index (χ1v) is 12.0. The third-order valence-corrected chi connectivity index (χ3v) is 4.39. The van der Waals surface area contributed by atoms with Crippen molar-refractivity contribution in [3.8, 4) is 0 Å². The van der Waals surface area contributed by atoms with E-state index in [1.165, 1.54) is 38.5 Å². The summed E-state index contributed by atoms with van der Waals surface area (Å²) in [5.41, 5.74) is 0. The maximum Gasteiger partial charge on any atom is 0.101 e. The molecule has 0 spiro atoms. The lowest BCUT2D eigenvalue weighted by Gasteiger charge is -2.12. The number of unbranched alkanes of at least 4 members (excludes halogenated alkanes) is 6. The van der Waals surface area contributed by atoms with Crippen LogP contribution in [0.5, 0.6) is 0 Å². The Labute approximate surface area is 184 Å². The van der Waals surface area contributed by atoms with Crippen molar-refractivity contribution in [2.75, 3.05) is 79.3 Å². The number of hydrogen-bond donors (Lipinski definition) is 1. The van der Waals surface area contributed by atoms with Crippen LogP contribution in [0.2, 0.25) is 0 Å². The largest absolute Gasteiger partial charge is 0.388 e. The molecular weight excluding hydrogens is 388 g/mol. The van der Waals surface area contributed by atoms with Crippen LogP contribution < -0.4 is 0 Å². The van der Waals surface area contributed by atoms with Crippen molar-refractivity contribution >= 4 is 0 Å². The SMILES string of the molecule is CCCCCCOCCOCCOCCOC[C@H](O)COCCOCCCCCC. The van der Waals surface area contributed by atoms with E-state index in [0.717, 1.165) is 26.1 Å². The van der Waals surface area contributed by atoms with Gasteiger partial charge in [-0.3, -0.25) is 0 Å². The highest BCUT2D eigenvalue weighted by molar-refractivity contribution is 4.51. The Morgan fingerprint density at radius 3 is 1.13 bits per heavy atom. The molecule has 7 heteroatoms. The minimum Gasteiger partial charge on any atom is -0.388 e. The summed E-state index contributed by atoms with van der Waals surface area (Å²) in [5, 5.41) is 9.79. The van der Waals surface area contributed by atoms with Gasteiger partial charge in [-0.25, -0.2) is 0 Å². The molecule has 0 aliphatic carbocycles. The van der Waals surface area contributed by atoms with Crippen LogP contribution in [0.25, 0.3) is 0 Å². The van der Waals surface area contributed by atoms with Crippen LogP contribution in [-0.2, 0) is 28.4 Å². The molecule has 0 rings (SSSR count). The van der Waals surface area contributed by atoms with Gasteiger partial charge in [-0.1, -0.05) is 52.4 Å². The van der Waals surface area contributed by atoms with Gasteiger partial charge in [-0.15, -0.1) is 0 Å². The molecule has 0 aromatic carbocycles. The van der Waals surface area contributed by atoms with E-state index in [1.807, 2.05) is 0 Å². The van der Waals surface area contributed by atoms with Gasteiger partial charge in [-0.05, 0) is 12.8 Å². The van der Waals surface area contributed by atoms with Gasteiger partial charge in [0.2, 0.25) is 0 Å². The molecule has 0 saturated heterocycles. The molecule has 0 saturated carbocycles. The van der Waals surface area contributed by atoms with Crippen LogP contribution in [-0.4, -0.2) is 90.5 Å². The second-order valence-electron chi connectivity index (χ2n) is 7.37. The molecular formula is C23H48O7. The van der Waals surface area contributed by atoms with Crippen LogP contribution in [0.3, 0.4) is 0 Å². The Hall–Kier alpha value is -0.280. The van der Waals surface area contributed by atoms with Crippen molar-refractivity contribution in [2.24, 2.45) is 0 Å². The minimum absolute atomic E-state index is 0.243. The molecule has 1 atom stereocenters. The second kappa shape index (κ2) is 26.8. The van der Waals surface area contributed by atoms with Crippen LogP contribution in [0.1, 0.15) is 65.2 Å². The number of aliphatic hydroxyl groups excluding tert-OH is 1. The van der Waals surface area contributed by atoms with E-state index in [4.69, 9.17) is 28.4 Å². The highest BCUT2D eigenvalue weighted by Crippen LogP contribution is 1.99. The Morgan fingerprint density at radius 2 is 0.767 bits per heavy atom. The smallest absolute Gasteiger partial charge is 0.101 e. The fourth-order valence-electron chi connectivity index (χ4n) is 2.63. The molecule has 0 bridgehead atoms. The molecule has 0 aromatic heterocycles. The summed E-state index contributed by atoms with van der Waals surface area (Å²) in [4.78, 5) is 0. The summed E-state index contributed by atoms with van der Waals surface area (Å²) in [6, 6.07) is 0. The van der Waals surface area contributed by atoms with Gasteiger partial charge in [0, 0.05) is 13.2 Å². The molecule has 0 aromatic rings. The normalized spacial score (nSPS) is 12.5. The van der Waals surface area contributed by atoms with Gasteiger partial charge in [0.15, 0.2) is 0 Å². The van der Waals surface area contributed by atoms with Crippen LogP contribution in [0.15, 0.2) is 0 Å². The Bertz CT molecular complexity index is 305. The molecule has 0 aliphatic rings. The Balaban J connectivity index is 3.12. The van der Waals surface area contributed by atoms with Gasteiger partial charge >= 0.3 is 0 Å². The molecule has 30 heavy (non-hydrogen) atoms. The Morgan fingerprint density at radius 1 is 0.433 bits per heavy atom. The van der Waals surface area contributed by atoms with Crippen LogP contribution in [0, 0.1) is 0 Å². The average Bonchev–Trinajstić information content (AvgIpc) is 2.75. The van der Waals surface area contributed by atoms with Crippen LogP contribution >= 0.6 is 0 Å². The molecule has 0 heterocycles. The Kier molecular flexibility index (Phi) is 26.5. The first-order chi connectivity index (χ1) is 14.8. The number of hydrogen-bond acceptors (Lipinski definition) is 7. The average molecular weight is 437 g/mol. The predicted octanol–water partition coefficient (Wildman–Crippen LogP) is 3.61. The van der Waals surface area contributed by atoms with Gasteiger partial charge in [0.25, 0.3) is 0 Å². The fraction of sp³-hybridized carbons (Fsp3) is 1.00. The quantitative estimate of drug-likeness (QED) is 0.208. The molecule has 1 N–H and O–H groups in total. The summed E-state index contributed by atoms with van der Waals surface area (Å²) in [7, 11) is 0. The maximum atomic E-state index is 9.79. The summed E-state index contributed by atoms with van der Waals surface area (Å²) in [6.07, 6.45) is 9.10. The van der Waals surface area contributed by atoms with E-state index in [1.54, 1.807) is 0 Å². The van der Waals surface area contributed by atoms with Gasteiger partial charge in [0.1, 0.15) is 6.10 Å². The highest BCUT2D eigenvalue weighted by atomic mass is 16.6. The summed E-state index contributed by atoms with van der Waals surface area (Å²) in [5.74, 6) is 0. The van der Waals surface area contributed by atoms with Crippen molar-refractivity contribution in [1.29, 1.82) is 0 Å². The van der Waals surface area contributed by atoms with Gasteiger partial charge in [0.05, 0.1) is 66.1 Å². The van der Waals surface area contributed by atoms with Crippen molar-refractivity contribution in [3.63, 3.8) is 0 Å². The zero-order chi connectivity index (χ0) is 22.0. The topological polar surface area (TPSA) is 75.6 Å². The van der Waals surface area contributed by atoms with E-state index in [0.29, 0.717) is 52.9 Å². The second-order valence-corrected chi connectivity index (χ2v) is 7.37. The molecule has 0 amide bonds. The lowest BCUT2D eigenvalue weighted by molar-refractivity contribution is -0.0456. The molecule has 7 nitrogen and oxygen atoms in total. The summed E-state index contributed by atoms with van der Waals surface area (Å²) < 4.78 is 32.6. The maximum absolute atomic E-state index is 9.79. The number of aliphatic hydroxyl groups is 1. The third kappa shape index (κ3) is 25.8. The minimum atomic E-state index is -0.625. The van der Waals surface area contributed by atoms with Crippen molar-refractivity contribution in [1.82, 2.24) is 0 Å². The standard InChI is InChI=1S/C23H48O7/c1-3-5-7-9-11-25-13-14-27-15-16-28-18-20-30-22-23(24)21-29-19-17-26-12-10-8-6-4-2/h23-24H,3-22H2,1-2H3/t23-/m1/s1. The van der Waals surface area contributed by atoms with E-state index in [-0.39, 0.29) is 13.2 Å². The highest BCUT2D eigenvalue weighted by Gasteiger charge is 2.04. The molecule has 0 aliphatic heterocycles. The lowest BCUT2D eigenvalue weighted by Crippen LogP contribution is -2.24. The van der Waals surface area contributed by atoms with E-state index >= 15 is 0 Å². The van der Waals surface area contributed by atoms with Crippen molar-refractivity contribution < 1.29 is 33.5 Å². The summed E-state index contributed by atoms with van der Waals surface area (Å²) >= 11 is 0. The molecule has 0 unspecified atom stereocenters. The zero-order valence-electron chi connectivity index (χ0n) is 19.6.